The third-order valence-electron chi connectivity index (χ3n) is 2.86. The Bertz CT molecular complexity index is 638. The van der Waals surface area contributed by atoms with E-state index in [1.165, 1.54) is 11.3 Å². The van der Waals surface area contributed by atoms with Crippen molar-refractivity contribution >= 4 is 28.3 Å². The van der Waals surface area contributed by atoms with Gasteiger partial charge < -0.3 is 10.6 Å². The molecule has 2 rings (SSSR count). The summed E-state index contributed by atoms with van der Waals surface area (Å²) in [5, 5.41) is 7.60. The van der Waals surface area contributed by atoms with Crippen LogP contribution in [0.2, 0.25) is 0 Å². The maximum atomic E-state index is 11.9. The van der Waals surface area contributed by atoms with E-state index in [1.807, 2.05) is 44.2 Å². The van der Waals surface area contributed by atoms with Crippen LogP contribution in [0.15, 0.2) is 35.7 Å². The summed E-state index contributed by atoms with van der Waals surface area (Å²) in [4.78, 5) is 27.9. The molecule has 1 aromatic heterocycles. The molecular weight excluding hydrogens is 298 g/mol. The predicted octanol–water partition coefficient (Wildman–Crippen LogP) is 2.71. The molecule has 0 spiro atoms. The number of amides is 2. The molecule has 0 aliphatic heterocycles. The van der Waals surface area contributed by atoms with Gasteiger partial charge in [-0.05, 0) is 11.5 Å². The first-order valence-electron chi connectivity index (χ1n) is 7.12. The molecule has 5 nitrogen and oxygen atoms in total. The fraction of sp³-hybridized carbons (Fsp3) is 0.312. The third-order valence-corrected chi connectivity index (χ3v) is 3.62. The lowest BCUT2D eigenvalue weighted by atomic mass is 10.1. The van der Waals surface area contributed by atoms with Crippen molar-refractivity contribution in [1.82, 2.24) is 10.3 Å². The highest BCUT2D eigenvalue weighted by atomic mass is 32.1. The molecule has 2 aromatic rings. The largest absolute Gasteiger partial charge is 0.350 e. The quantitative estimate of drug-likeness (QED) is 0.860. The van der Waals surface area contributed by atoms with Crippen LogP contribution in [0.1, 0.15) is 29.9 Å². The molecular formula is C16H19N3O2S. The van der Waals surface area contributed by atoms with Gasteiger partial charge in [-0.2, -0.15) is 0 Å². The lowest BCUT2D eigenvalue weighted by Gasteiger charge is -2.05. The molecule has 2 N–H and O–H groups in total. The number of anilines is 1. The highest BCUT2D eigenvalue weighted by Crippen LogP contribution is 2.16. The van der Waals surface area contributed by atoms with E-state index < -0.39 is 0 Å². The summed E-state index contributed by atoms with van der Waals surface area (Å²) in [6.45, 7) is 4.65. The van der Waals surface area contributed by atoms with Crippen molar-refractivity contribution in [3.8, 4) is 0 Å². The fourth-order valence-electron chi connectivity index (χ4n) is 1.77. The summed E-state index contributed by atoms with van der Waals surface area (Å²) >= 11 is 1.25. The van der Waals surface area contributed by atoms with Crippen molar-refractivity contribution in [2.75, 3.05) is 11.9 Å². The summed E-state index contributed by atoms with van der Waals surface area (Å²) in [6, 6.07) is 9.48. The van der Waals surface area contributed by atoms with Gasteiger partial charge in [0.1, 0.15) is 5.69 Å². The van der Waals surface area contributed by atoms with Crippen molar-refractivity contribution in [1.29, 1.82) is 0 Å². The smallest absolute Gasteiger partial charge is 0.270 e. The molecule has 0 aliphatic carbocycles. The van der Waals surface area contributed by atoms with E-state index in [0.717, 1.165) is 5.56 Å². The zero-order valence-electron chi connectivity index (χ0n) is 12.6. The van der Waals surface area contributed by atoms with E-state index in [0.29, 0.717) is 23.3 Å². The van der Waals surface area contributed by atoms with Crippen LogP contribution >= 0.6 is 11.3 Å². The molecule has 0 atom stereocenters. The van der Waals surface area contributed by atoms with Gasteiger partial charge in [-0.3, -0.25) is 9.59 Å². The van der Waals surface area contributed by atoms with E-state index in [9.17, 15) is 9.59 Å². The second-order valence-electron chi connectivity index (χ2n) is 5.35. The standard InChI is InChI=1S/C16H19N3O2S/c1-11(2)9-17-15(21)13-10-22-16(18-13)19-14(20)8-12-6-4-3-5-7-12/h3-7,10-11H,8-9H2,1-2H3,(H,17,21)(H,18,19,20). The number of rotatable bonds is 6. The molecule has 1 aromatic carbocycles. The first-order chi connectivity index (χ1) is 10.5. The molecule has 0 radical (unpaired) electrons. The van der Waals surface area contributed by atoms with Crippen LogP contribution in [-0.4, -0.2) is 23.3 Å². The lowest BCUT2D eigenvalue weighted by Crippen LogP contribution is -2.27. The summed E-state index contributed by atoms with van der Waals surface area (Å²) in [7, 11) is 0. The van der Waals surface area contributed by atoms with Crippen molar-refractivity contribution in [3.63, 3.8) is 0 Å². The van der Waals surface area contributed by atoms with E-state index >= 15 is 0 Å². The number of nitrogens with one attached hydrogen (secondary N) is 2. The van der Waals surface area contributed by atoms with E-state index in [1.54, 1.807) is 5.38 Å². The topological polar surface area (TPSA) is 71.1 Å². The fourth-order valence-corrected chi connectivity index (χ4v) is 2.47. The number of nitrogens with zero attached hydrogens (tertiary/aromatic N) is 1. The number of hydrogen-bond donors (Lipinski definition) is 2. The molecule has 1 heterocycles. The van der Waals surface area contributed by atoms with Crippen LogP contribution in [-0.2, 0) is 11.2 Å². The number of hydrogen-bond acceptors (Lipinski definition) is 4. The Kier molecular flexibility index (Phi) is 5.66. The van der Waals surface area contributed by atoms with Gasteiger partial charge in [-0.15, -0.1) is 11.3 Å². The van der Waals surface area contributed by atoms with Gasteiger partial charge in [0.25, 0.3) is 5.91 Å². The van der Waals surface area contributed by atoms with Gasteiger partial charge in [-0.1, -0.05) is 44.2 Å². The van der Waals surface area contributed by atoms with Gasteiger partial charge >= 0.3 is 0 Å². The predicted molar refractivity (Wildman–Crippen MR) is 88.1 cm³/mol. The molecule has 22 heavy (non-hydrogen) atoms. The Hall–Kier alpha value is -2.21. The Morgan fingerprint density at radius 2 is 1.95 bits per heavy atom. The van der Waals surface area contributed by atoms with Crippen LogP contribution in [0, 0.1) is 5.92 Å². The Labute approximate surface area is 133 Å². The van der Waals surface area contributed by atoms with Crippen LogP contribution in [0.25, 0.3) is 0 Å². The number of carbonyl (C=O) groups is 2. The van der Waals surface area contributed by atoms with E-state index in [4.69, 9.17) is 0 Å². The lowest BCUT2D eigenvalue weighted by molar-refractivity contribution is -0.115. The van der Waals surface area contributed by atoms with Crippen molar-refractivity contribution in [2.45, 2.75) is 20.3 Å². The molecule has 0 unspecified atom stereocenters. The second kappa shape index (κ2) is 7.70. The SMILES string of the molecule is CC(C)CNC(=O)c1csc(NC(=O)Cc2ccccc2)n1. The van der Waals surface area contributed by atoms with Gasteiger partial charge in [0, 0.05) is 11.9 Å². The minimum Gasteiger partial charge on any atom is -0.350 e. The molecule has 0 bridgehead atoms. The first kappa shape index (κ1) is 16.2. The molecule has 116 valence electrons. The number of aromatic nitrogens is 1. The number of benzene rings is 1. The normalized spacial score (nSPS) is 10.5. The molecule has 0 saturated carbocycles. The van der Waals surface area contributed by atoms with Crippen molar-refractivity contribution in [2.24, 2.45) is 5.92 Å². The minimum absolute atomic E-state index is 0.144. The van der Waals surface area contributed by atoms with Gasteiger partial charge in [0.15, 0.2) is 5.13 Å². The molecule has 2 amide bonds. The zero-order valence-corrected chi connectivity index (χ0v) is 13.4. The summed E-state index contributed by atoms with van der Waals surface area (Å²) in [5.41, 5.74) is 1.27. The minimum atomic E-state index is -0.214. The molecule has 0 fully saturated rings. The first-order valence-corrected chi connectivity index (χ1v) is 8.00. The van der Waals surface area contributed by atoms with Crippen LogP contribution in [0.5, 0.6) is 0 Å². The maximum Gasteiger partial charge on any atom is 0.270 e. The summed E-state index contributed by atoms with van der Waals surface area (Å²) < 4.78 is 0. The Balaban J connectivity index is 1.89. The van der Waals surface area contributed by atoms with Crippen LogP contribution in [0.4, 0.5) is 5.13 Å². The van der Waals surface area contributed by atoms with Crippen LogP contribution in [0.3, 0.4) is 0 Å². The molecule has 0 aliphatic rings. The zero-order chi connectivity index (χ0) is 15.9. The van der Waals surface area contributed by atoms with Crippen molar-refractivity contribution < 1.29 is 9.59 Å². The summed E-state index contributed by atoms with van der Waals surface area (Å²) in [6.07, 6.45) is 0.287. The van der Waals surface area contributed by atoms with E-state index in [-0.39, 0.29) is 18.2 Å². The Morgan fingerprint density at radius 3 is 2.64 bits per heavy atom. The second-order valence-corrected chi connectivity index (χ2v) is 6.21. The Morgan fingerprint density at radius 1 is 1.23 bits per heavy atom. The van der Waals surface area contributed by atoms with Gasteiger partial charge in [-0.25, -0.2) is 4.98 Å². The van der Waals surface area contributed by atoms with Crippen molar-refractivity contribution in [3.05, 3.63) is 47.0 Å². The maximum absolute atomic E-state index is 11.9. The molecule has 6 heteroatoms. The van der Waals surface area contributed by atoms with Gasteiger partial charge in [0.05, 0.1) is 6.42 Å². The highest BCUT2D eigenvalue weighted by molar-refractivity contribution is 7.14. The molecule has 0 saturated heterocycles. The highest BCUT2D eigenvalue weighted by Gasteiger charge is 2.12. The van der Waals surface area contributed by atoms with Gasteiger partial charge in [0.2, 0.25) is 5.91 Å². The van der Waals surface area contributed by atoms with E-state index in [2.05, 4.69) is 15.6 Å². The monoisotopic (exact) mass is 317 g/mol. The number of carbonyl (C=O) groups excluding carboxylic acids is 2. The number of thiazole rings is 1. The average Bonchev–Trinajstić information content (AvgIpc) is 2.94. The average molecular weight is 317 g/mol. The summed E-state index contributed by atoms with van der Waals surface area (Å²) in [5.74, 6) is 0.0239. The van der Waals surface area contributed by atoms with Crippen LogP contribution < -0.4 is 10.6 Å². The third kappa shape index (κ3) is 4.96.